The maximum Gasteiger partial charge on any atom is 0.224 e. The van der Waals surface area contributed by atoms with Crippen LogP contribution in [0.1, 0.15) is 24.8 Å². The zero-order chi connectivity index (χ0) is 15.4. The van der Waals surface area contributed by atoms with Crippen molar-refractivity contribution in [3.63, 3.8) is 0 Å². The molecule has 0 aromatic heterocycles. The number of benzene rings is 2. The Morgan fingerprint density at radius 1 is 1.14 bits per heavy atom. The van der Waals surface area contributed by atoms with Crippen LogP contribution in [0.2, 0.25) is 10.0 Å². The molecule has 1 atom stereocenters. The van der Waals surface area contributed by atoms with E-state index in [9.17, 15) is 4.79 Å². The molecule has 0 saturated heterocycles. The summed E-state index contributed by atoms with van der Waals surface area (Å²) in [5.74, 6) is 0.0334. The van der Waals surface area contributed by atoms with Gasteiger partial charge in [0.25, 0.3) is 0 Å². The molecule has 1 unspecified atom stereocenters. The third kappa shape index (κ3) is 4.38. The van der Waals surface area contributed by atoms with E-state index in [1.165, 1.54) is 0 Å². The van der Waals surface area contributed by atoms with Crippen molar-refractivity contribution in [1.29, 1.82) is 0 Å². The zero-order valence-corrected chi connectivity index (χ0v) is 13.1. The minimum absolute atomic E-state index is 0.0716. The van der Waals surface area contributed by atoms with E-state index in [0.29, 0.717) is 27.8 Å². The van der Waals surface area contributed by atoms with Gasteiger partial charge in [-0.25, -0.2) is 0 Å². The fourth-order valence-corrected chi connectivity index (χ4v) is 2.30. The van der Waals surface area contributed by atoms with E-state index in [2.05, 4.69) is 5.32 Å². The number of nitrogens with one attached hydrogen (secondary N) is 1. The van der Waals surface area contributed by atoms with Gasteiger partial charge >= 0.3 is 0 Å². The van der Waals surface area contributed by atoms with Crippen molar-refractivity contribution in [2.45, 2.75) is 19.3 Å². The normalized spacial score (nSPS) is 12.0. The van der Waals surface area contributed by atoms with Crippen LogP contribution in [-0.2, 0) is 4.79 Å². The maximum atomic E-state index is 12.0. The largest absolute Gasteiger partial charge is 0.399 e. The number of hydrogen-bond acceptors (Lipinski definition) is 2. The number of carbonyl (C=O) groups is 1. The number of rotatable bonds is 4. The summed E-state index contributed by atoms with van der Waals surface area (Å²) in [4.78, 5) is 12.0. The first kappa shape index (κ1) is 15.7. The van der Waals surface area contributed by atoms with Crippen LogP contribution in [0.3, 0.4) is 0 Å². The second-order valence-corrected chi connectivity index (χ2v) is 5.76. The fourth-order valence-electron chi connectivity index (χ4n) is 2.01. The summed E-state index contributed by atoms with van der Waals surface area (Å²) in [5.41, 5.74) is 8.08. The summed E-state index contributed by atoms with van der Waals surface area (Å²) in [6.45, 7) is 2.00. The molecule has 1 amide bonds. The van der Waals surface area contributed by atoms with Gasteiger partial charge in [-0.2, -0.15) is 0 Å². The van der Waals surface area contributed by atoms with Gasteiger partial charge in [0.15, 0.2) is 0 Å². The van der Waals surface area contributed by atoms with E-state index in [1.54, 1.807) is 18.2 Å². The molecule has 0 aliphatic rings. The molecule has 2 rings (SSSR count). The van der Waals surface area contributed by atoms with Gasteiger partial charge in [-0.3, -0.25) is 4.79 Å². The summed E-state index contributed by atoms with van der Waals surface area (Å²) >= 11 is 11.8. The number of nitrogens with two attached hydrogens (primary N) is 1. The Hall–Kier alpha value is -1.71. The minimum Gasteiger partial charge on any atom is -0.399 e. The molecule has 0 radical (unpaired) electrons. The van der Waals surface area contributed by atoms with Gasteiger partial charge in [-0.1, -0.05) is 42.3 Å². The van der Waals surface area contributed by atoms with Crippen molar-refractivity contribution >= 4 is 40.5 Å². The van der Waals surface area contributed by atoms with E-state index in [-0.39, 0.29) is 11.8 Å². The predicted molar refractivity (Wildman–Crippen MR) is 89.0 cm³/mol. The minimum atomic E-state index is -0.0716. The molecule has 5 heteroatoms. The van der Waals surface area contributed by atoms with Crippen LogP contribution in [0.5, 0.6) is 0 Å². The van der Waals surface area contributed by atoms with Gasteiger partial charge in [-0.15, -0.1) is 0 Å². The second-order valence-electron chi connectivity index (χ2n) is 4.95. The van der Waals surface area contributed by atoms with Gasteiger partial charge in [-0.05, 0) is 41.8 Å². The van der Waals surface area contributed by atoms with Crippen molar-refractivity contribution in [3.05, 3.63) is 58.1 Å². The third-order valence-corrected chi connectivity index (χ3v) is 3.94. The average Bonchev–Trinajstić information content (AvgIpc) is 2.43. The summed E-state index contributed by atoms with van der Waals surface area (Å²) in [6, 6.07) is 12.6. The molecule has 2 aromatic carbocycles. The standard InChI is InChI=1S/C16H16Cl2N2O/c1-10(11-2-4-12(19)5-3-11)8-16(21)20-13-6-7-14(17)15(18)9-13/h2-7,9-10H,8,19H2,1H3,(H,20,21). The lowest BCUT2D eigenvalue weighted by molar-refractivity contribution is -0.116. The van der Waals surface area contributed by atoms with Crippen LogP contribution in [0.25, 0.3) is 0 Å². The smallest absolute Gasteiger partial charge is 0.224 e. The summed E-state index contributed by atoms with van der Waals surface area (Å²) in [7, 11) is 0. The van der Waals surface area contributed by atoms with Crippen LogP contribution in [0.15, 0.2) is 42.5 Å². The number of anilines is 2. The van der Waals surface area contributed by atoms with Gasteiger partial charge in [0.05, 0.1) is 10.0 Å². The highest BCUT2D eigenvalue weighted by atomic mass is 35.5. The van der Waals surface area contributed by atoms with Crippen LogP contribution < -0.4 is 11.1 Å². The quantitative estimate of drug-likeness (QED) is 0.801. The van der Waals surface area contributed by atoms with E-state index in [0.717, 1.165) is 5.56 Å². The van der Waals surface area contributed by atoms with Crippen LogP contribution >= 0.6 is 23.2 Å². The Morgan fingerprint density at radius 2 is 1.81 bits per heavy atom. The van der Waals surface area contributed by atoms with Crippen LogP contribution in [0.4, 0.5) is 11.4 Å². The van der Waals surface area contributed by atoms with E-state index in [1.807, 2.05) is 31.2 Å². The molecular formula is C16H16Cl2N2O. The molecule has 0 fully saturated rings. The molecule has 0 aliphatic carbocycles. The van der Waals surface area contributed by atoms with Crippen molar-refractivity contribution in [2.75, 3.05) is 11.1 Å². The molecule has 0 aliphatic heterocycles. The Bertz CT molecular complexity index is 641. The molecular weight excluding hydrogens is 307 g/mol. The van der Waals surface area contributed by atoms with Gasteiger partial charge < -0.3 is 11.1 Å². The second kappa shape index (κ2) is 6.83. The lowest BCUT2D eigenvalue weighted by Crippen LogP contribution is -2.14. The molecule has 0 bridgehead atoms. The first-order valence-corrected chi connectivity index (χ1v) is 7.31. The number of hydrogen-bond donors (Lipinski definition) is 2. The molecule has 2 aromatic rings. The van der Waals surface area contributed by atoms with Crippen molar-refractivity contribution in [3.8, 4) is 0 Å². The molecule has 3 N–H and O–H groups in total. The molecule has 0 heterocycles. The Balaban J connectivity index is 1.97. The molecule has 0 spiro atoms. The number of halogens is 2. The van der Waals surface area contributed by atoms with Gasteiger partial charge in [0.1, 0.15) is 0 Å². The lowest BCUT2D eigenvalue weighted by atomic mass is 9.97. The Labute approximate surface area is 134 Å². The summed E-state index contributed by atoms with van der Waals surface area (Å²) < 4.78 is 0. The van der Waals surface area contributed by atoms with E-state index in [4.69, 9.17) is 28.9 Å². The Morgan fingerprint density at radius 3 is 2.43 bits per heavy atom. The summed E-state index contributed by atoms with van der Waals surface area (Å²) in [5, 5.41) is 3.70. The SMILES string of the molecule is CC(CC(=O)Nc1ccc(Cl)c(Cl)c1)c1ccc(N)cc1. The highest BCUT2D eigenvalue weighted by Gasteiger charge is 2.12. The van der Waals surface area contributed by atoms with Crippen molar-refractivity contribution in [2.24, 2.45) is 0 Å². The van der Waals surface area contributed by atoms with Crippen molar-refractivity contribution in [1.82, 2.24) is 0 Å². The fraction of sp³-hybridized carbons (Fsp3) is 0.188. The van der Waals surface area contributed by atoms with Crippen molar-refractivity contribution < 1.29 is 4.79 Å². The van der Waals surface area contributed by atoms with Gasteiger partial charge in [0.2, 0.25) is 5.91 Å². The van der Waals surface area contributed by atoms with E-state index < -0.39 is 0 Å². The molecule has 3 nitrogen and oxygen atoms in total. The highest BCUT2D eigenvalue weighted by molar-refractivity contribution is 6.42. The van der Waals surface area contributed by atoms with Crippen LogP contribution in [0, 0.1) is 0 Å². The number of carbonyl (C=O) groups excluding carboxylic acids is 1. The average molecular weight is 323 g/mol. The Kier molecular flexibility index (Phi) is 5.10. The molecule has 110 valence electrons. The zero-order valence-electron chi connectivity index (χ0n) is 11.6. The topological polar surface area (TPSA) is 55.1 Å². The highest BCUT2D eigenvalue weighted by Crippen LogP contribution is 2.26. The van der Waals surface area contributed by atoms with E-state index >= 15 is 0 Å². The predicted octanol–water partition coefficient (Wildman–Crippen LogP) is 4.71. The van der Waals surface area contributed by atoms with Gasteiger partial charge in [0, 0.05) is 17.8 Å². The third-order valence-electron chi connectivity index (χ3n) is 3.20. The monoisotopic (exact) mass is 322 g/mol. The van der Waals surface area contributed by atoms with Crippen LogP contribution in [-0.4, -0.2) is 5.91 Å². The number of nitrogen functional groups attached to an aromatic ring is 1. The lowest BCUT2D eigenvalue weighted by Gasteiger charge is -2.12. The summed E-state index contributed by atoms with van der Waals surface area (Å²) in [6.07, 6.45) is 0.379. The first-order valence-electron chi connectivity index (χ1n) is 6.56. The molecule has 21 heavy (non-hydrogen) atoms. The number of amides is 1. The maximum absolute atomic E-state index is 12.0. The molecule has 0 saturated carbocycles. The first-order chi connectivity index (χ1) is 9.95.